The summed E-state index contributed by atoms with van der Waals surface area (Å²) in [6, 6.07) is 13.8. The van der Waals surface area contributed by atoms with Gasteiger partial charge in [-0.3, -0.25) is 0 Å². The minimum atomic E-state index is -1.05. The minimum Gasteiger partial charge on any atom is -0.508 e. The number of hydrogen-bond donors (Lipinski definition) is 2. The predicted molar refractivity (Wildman–Crippen MR) is 87.1 cm³/mol. The lowest BCUT2D eigenvalue weighted by Crippen LogP contribution is -2.07. The van der Waals surface area contributed by atoms with Gasteiger partial charge in [-0.05, 0) is 55.8 Å². The maximum atomic E-state index is 11.5. The van der Waals surface area contributed by atoms with Gasteiger partial charge in [0.25, 0.3) is 0 Å². The Labute approximate surface area is 133 Å². The smallest absolute Gasteiger partial charge is 0.354 e. The van der Waals surface area contributed by atoms with Gasteiger partial charge in [-0.1, -0.05) is 17.7 Å². The number of aromatic carboxylic acids is 1. The summed E-state index contributed by atoms with van der Waals surface area (Å²) >= 11 is 0. The molecule has 0 bridgehead atoms. The first kappa shape index (κ1) is 14.8. The molecule has 0 amide bonds. The molecule has 0 radical (unpaired) electrons. The summed E-state index contributed by atoms with van der Waals surface area (Å²) in [5.74, 6) is -0.935. The molecule has 2 aromatic carbocycles. The zero-order valence-electron chi connectivity index (χ0n) is 12.8. The summed E-state index contributed by atoms with van der Waals surface area (Å²) in [6.07, 6.45) is 0. The van der Waals surface area contributed by atoms with Crippen molar-refractivity contribution in [2.45, 2.75) is 13.8 Å². The van der Waals surface area contributed by atoms with Gasteiger partial charge in [0.15, 0.2) is 5.69 Å². The largest absolute Gasteiger partial charge is 0.508 e. The van der Waals surface area contributed by atoms with E-state index in [0.29, 0.717) is 11.4 Å². The van der Waals surface area contributed by atoms with Crippen LogP contribution in [0.3, 0.4) is 0 Å². The first-order valence-corrected chi connectivity index (χ1v) is 7.16. The molecule has 116 valence electrons. The molecule has 0 saturated carbocycles. The second-order valence-corrected chi connectivity index (χ2v) is 5.47. The van der Waals surface area contributed by atoms with Crippen molar-refractivity contribution in [3.05, 3.63) is 65.4 Å². The quantitative estimate of drug-likeness (QED) is 0.775. The molecule has 0 aliphatic rings. The minimum absolute atomic E-state index is 0.0756. The first-order chi connectivity index (χ1) is 11.0. The lowest BCUT2D eigenvalue weighted by Gasteiger charge is -2.05. The number of carboxylic acid groups (broad SMARTS) is 1. The zero-order valence-corrected chi connectivity index (χ0v) is 12.8. The number of aryl methyl sites for hydroxylation is 2. The average molecular weight is 308 g/mol. The maximum absolute atomic E-state index is 11.5. The Kier molecular flexibility index (Phi) is 3.62. The number of carboxylic acids is 1. The highest BCUT2D eigenvalue weighted by atomic mass is 16.4. The Morgan fingerprint density at radius 3 is 2.39 bits per heavy atom. The normalized spacial score (nSPS) is 10.7. The van der Waals surface area contributed by atoms with Gasteiger partial charge < -0.3 is 10.2 Å². The lowest BCUT2D eigenvalue weighted by atomic mass is 10.0. The number of aromatic nitrogens is 2. The Hall–Kier alpha value is -3.08. The zero-order chi connectivity index (χ0) is 16.6. The van der Waals surface area contributed by atoms with E-state index in [-0.39, 0.29) is 11.4 Å². The van der Waals surface area contributed by atoms with E-state index in [1.165, 1.54) is 16.8 Å². The van der Waals surface area contributed by atoms with E-state index in [1.54, 1.807) is 18.2 Å². The van der Waals surface area contributed by atoms with Crippen LogP contribution in [0, 0.1) is 13.8 Å². The molecular formula is C18H16N2O3. The molecule has 5 heteroatoms. The molecule has 0 fully saturated rings. The van der Waals surface area contributed by atoms with E-state index in [4.69, 9.17) is 0 Å². The molecular weight excluding hydrogens is 292 g/mol. The van der Waals surface area contributed by atoms with Gasteiger partial charge in [0.2, 0.25) is 0 Å². The molecule has 1 heterocycles. The van der Waals surface area contributed by atoms with Crippen LogP contribution < -0.4 is 0 Å². The fourth-order valence-electron chi connectivity index (χ4n) is 2.47. The van der Waals surface area contributed by atoms with Gasteiger partial charge in [0.1, 0.15) is 5.75 Å². The molecule has 3 rings (SSSR count). The van der Waals surface area contributed by atoms with Crippen LogP contribution in [0.2, 0.25) is 0 Å². The van der Waals surface area contributed by atoms with Gasteiger partial charge in [-0.25, -0.2) is 9.48 Å². The van der Waals surface area contributed by atoms with E-state index in [1.807, 2.05) is 32.0 Å². The summed E-state index contributed by atoms with van der Waals surface area (Å²) in [6.45, 7) is 3.95. The molecule has 0 unspecified atom stereocenters. The van der Waals surface area contributed by atoms with Crippen molar-refractivity contribution < 1.29 is 15.0 Å². The van der Waals surface area contributed by atoms with Crippen LogP contribution in [-0.2, 0) is 0 Å². The van der Waals surface area contributed by atoms with E-state index in [2.05, 4.69) is 5.10 Å². The number of aromatic hydroxyl groups is 1. The van der Waals surface area contributed by atoms with Crippen molar-refractivity contribution in [1.82, 2.24) is 9.78 Å². The van der Waals surface area contributed by atoms with Gasteiger partial charge in [-0.2, -0.15) is 5.10 Å². The first-order valence-electron chi connectivity index (χ1n) is 7.16. The molecule has 23 heavy (non-hydrogen) atoms. The van der Waals surface area contributed by atoms with Crippen LogP contribution in [0.25, 0.3) is 16.9 Å². The van der Waals surface area contributed by atoms with Crippen molar-refractivity contribution in [1.29, 1.82) is 0 Å². The average Bonchev–Trinajstić information content (AvgIpc) is 2.96. The van der Waals surface area contributed by atoms with Crippen LogP contribution in [0.5, 0.6) is 5.75 Å². The topological polar surface area (TPSA) is 75.3 Å². The lowest BCUT2D eigenvalue weighted by molar-refractivity contribution is 0.0687. The third-order valence-corrected chi connectivity index (χ3v) is 3.69. The van der Waals surface area contributed by atoms with E-state index >= 15 is 0 Å². The molecule has 0 aliphatic heterocycles. The van der Waals surface area contributed by atoms with Crippen LogP contribution in [0.4, 0.5) is 0 Å². The van der Waals surface area contributed by atoms with Crippen molar-refractivity contribution in [3.8, 4) is 22.7 Å². The summed E-state index contributed by atoms with van der Waals surface area (Å²) in [4.78, 5) is 11.5. The van der Waals surface area contributed by atoms with Crippen molar-refractivity contribution in [3.63, 3.8) is 0 Å². The van der Waals surface area contributed by atoms with E-state index < -0.39 is 5.97 Å². The molecule has 5 nitrogen and oxygen atoms in total. The second-order valence-electron chi connectivity index (χ2n) is 5.47. The third kappa shape index (κ3) is 2.81. The Morgan fingerprint density at radius 1 is 1.04 bits per heavy atom. The van der Waals surface area contributed by atoms with Crippen molar-refractivity contribution >= 4 is 5.97 Å². The highest BCUT2D eigenvalue weighted by Crippen LogP contribution is 2.26. The van der Waals surface area contributed by atoms with Crippen LogP contribution in [0.1, 0.15) is 21.6 Å². The Bertz CT molecular complexity index is 880. The van der Waals surface area contributed by atoms with Gasteiger partial charge >= 0.3 is 5.97 Å². The number of benzene rings is 2. The predicted octanol–water partition coefficient (Wildman–Crippen LogP) is 3.56. The monoisotopic (exact) mass is 308 g/mol. The second kappa shape index (κ2) is 5.61. The van der Waals surface area contributed by atoms with Gasteiger partial charge in [0, 0.05) is 5.56 Å². The number of nitrogens with zero attached hydrogens (tertiary/aromatic N) is 2. The fraction of sp³-hybridized carbons (Fsp3) is 0.111. The third-order valence-electron chi connectivity index (χ3n) is 3.69. The number of rotatable bonds is 3. The van der Waals surface area contributed by atoms with Gasteiger partial charge in [0.05, 0.1) is 11.4 Å². The van der Waals surface area contributed by atoms with Crippen LogP contribution in [-0.4, -0.2) is 26.0 Å². The maximum Gasteiger partial charge on any atom is 0.354 e. The standard InChI is InChI=1S/C18H16N2O3/c1-11-3-4-12(2)15(9-11)16-10-17(18(22)23)20(19-16)13-5-7-14(21)8-6-13/h3-10,21H,1-2H3,(H,22,23). The molecule has 0 spiro atoms. The molecule has 1 aromatic heterocycles. The summed E-state index contributed by atoms with van der Waals surface area (Å²) in [5.41, 5.74) is 4.29. The van der Waals surface area contributed by atoms with Crippen molar-refractivity contribution in [2.24, 2.45) is 0 Å². The van der Waals surface area contributed by atoms with E-state index in [0.717, 1.165) is 16.7 Å². The van der Waals surface area contributed by atoms with E-state index in [9.17, 15) is 15.0 Å². The molecule has 0 aliphatic carbocycles. The van der Waals surface area contributed by atoms with Gasteiger partial charge in [-0.15, -0.1) is 0 Å². The number of carbonyl (C=O) groups is 1. The highest BCUT2D eigenvalue weighted by Gasteiger charge is 2.17. The SMILES string of the molecule is Cc1ccc(C)c(-c2cc(C(=O)O)n(-c3ccc(O)cc3)n2)c1. The molecule has 0 saturated heterocycles. The summed E-state index contributed by atoms with van der Waals surface area (Å²) < 4.78 is 1.37. The summed E-state index contributed by atoms with van der Waals surface area (Å²) in [7, 11) is 0. The molecule has 2 N–H and O–H groups in total. The Balaban J connectivity index is 2.18. The molecule has 0 atom stereocenters. The van der Waals surface area contributed by atoms with Crippen molar-refractivity contribution in [2.75, 3.05) is 0 Å². The number of phenolic OH excluding ortho intramolecular Hbond substituents is 1. The highest BCUT2D eigenvalue weighted by molar-refractivity contribution is 5.88. The molecule has 3 aromatic rings. The number of hydrogen-bond acceptors (Lipinski definition) is 3. The summed E-state index contributed by atoms with van der Waals surface area (Å²) in [5, 5.41) is 23.3. The Morgan fingerprint density at radius 2 is 1.74 bits per heavy atom. The van der Waals surface area contributed by atoms with Crippen LogP contribution in [0.15, 0.2) is 48.5 Å². The number of phenols is 1. The fourth-order valence-corrected chi connectivity index (χ4v) is 2.47. The van der Waals surface area contributed by atoms with Crippen LogP contribution >= 0.6 is 0 Å².